The molecule has 0 aliphatic carbocycles. The largest absolute Gasteiger partial charge is 0.477 e. The number of rotatable bonds is 1. The molecule has 0 atom stereocenters. The van der Waals surface area contributed by atoms with Gasteiger partial charge in [-0.3, -0.25) is 0 Å². The van der Waals surface area contributed by atoms with Gasteiger partial charge in [0.1, 0.15) is 5.69 Å². The van der Waals surface area contributed by atoms with Crippen molar-refractivity contribution in [1.29, 1.82) is 0 Å². The van der Waals surface area contributed by atoms with Crippen molar-refractivity contribution in [2.24, 2.45) is 0 Å². The number of aromatic carboxylic acids is 1. The molecular formula is C6H5NO2V. The van der Waals surface area contributed by atoms with Crippen LogP contribution in [0.2, 0.25) is 0 Å². The SMILES string of the molecule is O=C(O)c1ccccn1.[V]. The third-order valence-electron chi connectivity index (χ3n) is 0.884. The monoisotopic (exact) mass is 174 g/mol. The molecule has 1 aromatic heterocycles. The standard InChI is InChI=1S/C6H5NO2.V/c8-6(9)5-3-1-2-4-7-5;/h1-4H,(H,8,9);. The Morgan fingerprint density at radius 1 is 1.50 bits per heavy atom. The van der Waals surface area contributed by atoms with Gasteiger partial charge < -0.3 is 5.11 Å². The summed E-state index contributed by atoms with van der Waals surface area (Å²) in [6.45, 7) is 0. The molecule has 0 bridgehead atoms. The van der Waals surface area contributed by atoms with Crippen LogP contribution < -0.4 is 0 Å². The zero-order chi connectivity index (χ0) is 6.69. The average Bonchev–Trinajstić information content (AvgIpc) is 1.90. The molecule has 1 heterocycles. The van der Waals surface area contributed by atoms with E-state index in [1.807, 2.05) is 0 Å². The topological polar surface area (TPSA) is 50.2 Å². The summed E-state index contributed by atoms with van der Waals surface area (Å²) in [5.74, 6) is -0.990. The van der Waals surface area contributed by atoms with Crippen molar-refractivity contribution >= 4 is 5.97 Å². The predicted molar refractivity (Wildman–Crippen MR) is 31.2 cm³/mol. The molecule has 0 saturated heterocycles. The van der Waals surface area contributed by atoms with Gasteiger partial charge in [-0.25, -0.2) is 9.78 Å². The van der Waals surface area contributed by atoms with Gasteiger partial charge in [0.2, 0.25) is 0 Å². The van der Waals surface area contributed by atoms with Gasteiger partial charge in [-0.2, -0.15) is 0 Å². The second-order valence-electron chi connectivity index (χ2n) is 1.52. The quantitative estimate of drug-likeness (QED) is 0.684. The van der Waals surface area contributed by atoms with E-state index in [2.05, 4.69) is 4.98 Å². The molecule has 1 N–H and O–H groups in total. The third-order valence-corrected chi connectivity index (χ3v) is 0.884. The molecule has 10 heavy (non-hydrogen) atoms. The van der Waals surface area contributed by atoms with Crippen LogP contribution in [0.1, 0.15) is 10.5 Å². The fraction of sp³-hybridized carbons (Fsp3) is 0. The smallest absolute Gasteiger partial charge is 0.354 e. The van der Waals surface area contributed by atoms with Gasteiger partial charge in [-0.05, 0) is 12.1 Å². The number of aromatic nitrogens is 1. The molecule has 0 spiro atoms. The Kier molecular flexibility index (Phi) is 3.76. The van der Waals surface area contributed by atoms with Crippen LogP contribution in [0.3, 0.4) is 0 Å². The molecule has 0 aliphatic rings. The first-order valence-corrected chi connectivity index (χ1v) is 2.45. The molecule has 0 fully saturated rings. The van der Waals surface area contributed by atoms with Crippen molar-refractivity contribution < 1.29 is 28.5 Å². The summed E-state index contributed by atoms with van der Waals surface area (Å²) >= 11 is 0. The summed E-state index contributed by atoms with van der Waals surface area (Å²) in [5.41, 5.74) is 0.0810. The molecule has 1 radical (unpaired) electrons. The Hall–Kier alpha value is -0.796. The molecule has 4 heteroatoms. The molecule has 3 nitrogen and oxygen atoms in total. The van der Waals surface area contributed by atoms with Gasteiger partial charge in [0.15, 0.2) is 0 Å². The summed E-state index contributed by atoms with van der Waals surface area (Å²) in [5, 5.41) is 8.32. The minimum absolute atomic E-state index is 0. The first-order valence-electron chi connectivity index (χ1n) is 2.45. The third kappa shape index (κ3) is 2.21. The first-order chi connectivity index (χ1) is 4.30. The maximum Gasteiger partial charge on any atom is 0.354 e. The molecule has 0 saturated carbocycles. The van der Waals surface area contributed by atoms with Crippen molar-refractivity contribution in [1.82, 2.24) is 4.98 Å². The molecule has 0 aromatic carbocycles. The maximum atomic E-state index is 10.1. The van der Waals surface area contributed by atoms with E-state index < -0.39 is 5.97 Å². The molecule has 51 valence electrons. The van der Waals surface area contributed by atoms with Crippen molar-refractivity contribution in [2.45, 2.75) is 0 Å². The normalized spacial score (nSPS) is 8.00. The Labute approximate surface area is 70.0 Å². The predicted octanol–water partition coefficient (Wildman–Crippen LogP) is 0.777. The minimum Gasteiger partial charge on any atom is -0.477 e. The number of hydrogen-bond donors (Lipinski definition) is 1. The number of carbonyl (C=O) groups is 1. The van der Waals surface area contributed by atoms with Gasteiger partial charge in [0.05, 0.1) is 0 Å². The van der Waals surface area contributed by atoms with E-state index in [0.717, 1.165) is 0 Å². The van der Waals surface area contributed by atoms with E-state index in [-0.39, 0.29) is 24.2 Å². The van der Waals surface area contributed by atoms with Crippen LogP contribution >= 0.6 is 0 Å². The van der Waals surface area contributed by atoms with E-state index >= 15 is 0 Å². The van der Waals surface area contributed by atoms with Crippen LogP contribution in [-0.2, 0) is 18.6 Å². The van der Waals surface area contributed by atoms with Crippen LogP contribution in [0.5, 0.6) is 0 Å². The van der Waals surface area contributed by atoms with Crippen molar-refractivity contribution in [3.8, 4) is 0 Å². The van der Waals surface area contributed by atoms with Gasteiger partial charge in [-0.15, -0.1) is 0 Å². The number of pyridine rings is 1. The van der Waals surface area contributed by atoms with E-state index in [0.29, 0.717) is 0 Å². The molecule has 0 aliphatic heterocycles. The molecular weight excluding hydrogens is 169 g/mol. The number of carboxylic acids is 1. The van der Waals surface area contributed by atoms with E-state index in [4.69, 9.17) is 5.11 Å². The summed E-state index contributed by atoms with van der Waals surface area (Å²) in [6.07, 6.45) is 1.45. The second-order valence-corrected chi connectivity index (χ2v) is 1.52. The second kappa shape index (κ2) is 4.09. The Bertz CT molecular complexity index is 212. The Morgan fingerprint density at radius 3 is 2.50 bits per heavy atom. The molecule has 0 amide bonds. The summed E-state index contributed by atoms with van der Waals surface area (Å²) in [6, 6.07) is 4.76. The number of hydrogen-bond acceptors (Lipinski definition) is 2. The number of carboxylic acid groups (broad SMARTS) is 1. The van der Waals surface area contributed by atoms with Crippen molar-refractivity contribution in [3.63, 3.8) is 0 Å². The maximum absolute atomic E-state index is 10.1. The van der Waals surface area contributed by atoms with E-state index in [1.54, 1.807) is 12.1 Å². The minimum atomic E-state index is -0.990. The summed E-state index contributed by atoms with van der Waals surface area (Å²) in [4.78, 5) is 13.7. The van der Waals surface area contributed by atoms with Crippen LogP contribution in [0.15, 0.2) is 24.4 Å². The van der Waals surface area contributed by atoms with E-state index in [9.17, 15) is 4.79 Å². The van der Waals surface area contributed by atoms with Gasteiger partial charge in [0, 0.05) is 24.8 Å². The van der Waals surface area contributed by atoms with Crippen LogP contribution in [0.25, 0.3) is 0 Å². The van der Waals surface area contributed by atoms with Gasteiger partial charge in [-0.1, -0.05) is 6.07 Å². The first kappa shape index (κ1) is 9.20. The van der Waals surface area contributed by atoms with Crippen LogP contribution in [-0.4, -0.2) is 16.1 Å². The Balaban J connectivity index is 0.000000810. The molecule has 1 rings (SSSR count). The molecule has 0 unspecified atom stereocenters. The van der Waals surface area contributed by atoms with E-state index in [1.165, 1.54) is 12.3 Å². The van der Waals surface area contributed by atoms with Gasteiger partial charge >= 0.3 is 5.97 Å². The Morgan fingerprint density at radius 2 is 2.20 bits per heavy atom. The molecule has 1 aromatic rings. The number of nitrogens with zero attached hydrogens (tertiary/aromatic N) is 1. The zero-order valence-electron chi connectivity index (χ0n) is 5.06. The fourth-order valence-corrected chi connectivity index (χ4v) is 0.489. The van der Waals surface area contributed by atoms with Crippen molar-refractivity contribution in [3.05, 3.63) is 30.1 Å². The average molecular weight is 174 g/mol. The summed E-state index contributed by atoms with van der Waals surface area (Å²) in [7, 11) is 0. The van der Waals surface area contributed by atoms with Crippen molar-refractivity contribution in [2.75, 3.05) is 0 Å². The fourth-order valence-electron chi connectivity index (χ4n) is 0.489. The van der Waals surface area contributed by atoms with Gasteiger partial charge in [0.25, 0.3) is 0 Å². The summed E-state index contributed by atoms with van der Waals surface area (Å²) < 4.78 is 0. The van der Waals surface area contributed by atoms with Crippen LogP contribution in [0.4, 0.5) is 0 Å². The zero-order valence-corrected chi connectivity index (χ0v) is 6.46. The van der Waals surface area contributed by atoms with Crippen LogP contribution in [0, 0.1) is 0 Å².